The van der Waals surface area contributed by atoms with Gasteiger partial charge >= 0.3 is 0 Å². The number of rotatable bonds is 4. The van der Waals surface area contributed by atoms with Crippen LogP contribution in [0.15, 0.2) is 60.9 Å². The average Bonchev–Trinajstić information content (AvgIpc) is 3.17. The molecule has 0 saturated carbocycles. The number of likely N-dealkylation sites (tertiary alicyclic amines) is 1. The molecular formula is C20H19N3O2. The molecule has 0 radical (unpaired) electrons. The maximum absolute atomic E-state index is 12.5. The van der Waals surface area contributed by atoms with Gasteiger partial charge in [-0.05, 0) is 36.8 Å². The fourth-order valence-electron chi connectivity index (χ4n) is 3.27. The van der Waals surface area contributed by atoms with E-state index in [1.807, 2.05) is 47.4 Å². The second-order valence-electron chi connectivity index (χ2n) is 6.19. The van der Waals surface area contributed by atoms with Crippen LogP contribution in [0.2, 0.25) is 0 Å². The Labute approximate surface area is 146 Å². The van der Waals surface area contributed by atoms with Crippen molar-refractivity contribution in [2.24, 2.45) is 0 Å². The lowest BCUT2D eigenvalue weighted by molar-refractivity contribution is -0.132. The van der Waals surface area contributed by atoms with Crippen LogP contribution in [0.4, 0.5) is 0 Å². The molecule has 0 bridgehead atoms. The number of ether oxygens (including phenoxy) is 1. The van der Waals surface area contributed by atoms with E-state index in [9.17, 15) is 4.79 Å². The van der Waals surface area contributed by atoms with Gasteiger partial charge in [-0.1, -0.05) is 18.2 Å². The molecule has 25 heavy (non-hydrogen) atoms. The summed E-state index contributed by atoms with van der Waals surface area (Å²) >= 11 is 0. The summed E-state index contributed by atoms with van der Waals surface area (Å²) in [6.07, 6.45) is 4.45. The molecular weight excluding hydrogens is 314 g/mol. The van der Waals surface area contributed by atoms with E-state index >= 15 is 0 Å². The summed E-state index contributed by atoms with van der Waals surface area (Å²) in [4.78, 5) is 23.1. The van der Waals surface area contributed by atoms with Crippen molar-refractivity contribution < 1.29 is 9.53 Å². The van der Waals surface area contributed by atoms with Crippen LogP contribution in [0, 0.1) is 0 Å². The van der Waals surface area contributed by atoms with Gasteiger partial charge in [0.25, 0.3) is 5.91 Å². The Bertz CT molecular complexity index is 877. The third-order valence-electron chi connectivity index (χ3n) is 4.61. The fraction of sp³-hybridized carbons (Fsp3) is 0.250. The van der Waals surface area contributed by atoms with Gasteiger partial charge in [-0.25, -0.2) is 0 Å². The Morgan fingerprint density at radius 2 is 1.96 bits per heavy atom. The molecule has 3 heterocycles. The lowest BCUT2D eigenvalue weighted by Crippen LogP contribution is -2.32. The number of amides is 1. The van der Waals surface area contributed by atoms with Gasteiger partial charge in [0.05, 0.1) is 5.52 Å². The minimum absolute atomic E-state index is 0.0133. The van der Waals surface area contributed by atoms with Crippen LogP contribution < -0.4 is 4.74 Å². The number of carbonyl (C=O) groups is 1. The van der Waals surface area contributed by atoms with Crippen LogP contribution in [0.3, 0.4) is 0 Å². The van der Waals surface area contributed by atoms with Gasteiger partial charge < -0.3 is 9.64 Å². The lowest BCUT2D eigenvalue weighted by atomic mass is 10.0. The Morgan fingerprint density at radius 1 is 1.08 bits per heavy atom. The molecule has 0 N–H and O–H groups in total. The number of hydrogen-bond acceptors (Lipinski definition) is 4. The maximum atomic E-state index is 12.5. The van der Waals surface area contributed by atoms with E-state index < -0.39 is 0 Å². The minimum Gasteiger partial charge on any atom is -0.483 e. The van der Waals surface area contributed by atoms with E-state index in [4.69, 9.17) is 4.74 Å². The highest BCUT2D eigenvalue weighted by Crippen LogP contribution is 2.26. The van der Waals surface area contributed by atoms with E-state index in [1.54, 1.807) is 18.5 Å². The standard InChI is InChI=1S/C20H19N3O2/c24-20(23-12-9-15(13-23)17-6-3-4-10-21-17)14-25-19-8-11-22-18-7-2-1-5-16(18)19/h1-8,10-11,15H,9,12-14H2. The Morgan fingerprint density at radius 3 is 2.84 bits per heavy atom. The first-order chi connectivity index (χ1) is 12.3. The van der Waals surface area contributed by atoms with Crippen molar-refractivity contribution in [2.45, 2.75) is 12.3 Å². The number of fused-ring (bicyclic) bond motifs is 1. The monoisotopic (exact) mass is 333 g/mol. The Kier molecular flexibility index (Phi) is 4.29. The van der Waals surface area contributed by atoms with E-state index in [-0.39, 0.29) is 12.5 Å². The van der Waals surface area contributed by atoms with Crippen LogP contribution in [0.25, 0.3) is 10.9 Å². The summed E-state index contributed by atoms with van der Waals surface area (Å²) in [6.45, 7) is 1.50. The van der Waals surface area contributed by atoms with Crippen molar-refractivity contribution in [3.8, 4) is 5.75 Å². The Hall–Kier alpha value is -2.95. The van der Waals surface area contributed by atoms with E-state index in [0.717, 1.165) is 29.6 Å². The van der Waals surface area contributed by atoms with Gasteiger partial charge in [0, 0.05) is 42.5 Å². The molecule has 1 atom stereocenters. The second kappa shape index (κ2) is 6.89. The molecule has 3 aromatic rings. The van der Waals surface area contributed by atoms with Crippen molar-refractivity contribution in [1.29, 1.82) is 0 Å². The smallest absolute Gasteiger partial charge is 0.260 e. The first-order valence-corrected chi connectivity index (χ1v) is 8.46. The molecule has 5 heteroatoms. The summed E-state index contributed by atoms with van der Waals surface area (Å²) in [6, 6.07) is 15.5. The maximum Gasteiger partial charge on any atom is 0.260 e. The van der Waals surface area contributed by atoms with Crippen molar-refractivity contribution in [3.63, 3.8) is 0 Å². The minimum atomic E-state index is 0.0133. The zero-order valence-electron chi connectivity index (χ0n) is 13.8. The van der Waals surface area contributed by atoms with Crippen molar-refractivity contribution in [1.82, 2.24) is 14.9 Å². The summed E-state index contributed by atoms with van der Waals surface area (Å²) in [5.41, 5.74) is 1.92. The van der Waals surface area contributed by atoms with Gasteiger partial charge in [-0.3, -0.25) is 14.8 Å². The highest BCUT2D eigenvalue weighted by Gasteiger charge is 2.28. The lowest BCUT2D eigenvalue weighted by Gasteiger charge is -2.17. The largest absolute Gasteiger partial charge is 0.483 e. The number of carbonyl (C=O) groups excluding carboxylic acids is 1. The molecule has 5 nitrogen and oxygen atoms in total. The molecule has 1 saturated heterocycles. The van der Waals surface area contributed by atoms with Gasteiger partial charge in [0.15, 0.2) is 6.61 Å². The third kappa shape index (κ3) is 3.31. The molecule has 0 aliphatic carbocycles. The summed E-state index contributed by atoms with van der Waals surface area (Å²) in [5.74, 6) is 1.02. The molecule has 0 spiro atoms. The molecule has 4 rings (SSSR count). The van der Waals surface area contributed by atoms with Gasteiger partial charge in [0.1, 0.15) is 5.75 Å². The zero-order valence-corrected chi connectivity index (χ0v) is 13.8. The summed E-state index contributed by atoms with van der Waals surface area (Å²) in [5, 5.41) is 0.922. The van der Waals surface area contributed by atoms with Gasteiger partial charge in [-0.2, -0.15) is 0 Å². The molecule has 126 valence electrons. The first kappa shape index (κ1) is 15.6. The molecule has 1 amide bonds. The number of nitrogens with zero attached hydrogens (tertiary/aromatic N) is 3. The fourth-order valence-corrected chi connectivity index (χ4v) is 3.27. The van der Waals surface area contributed by atoms with Crippen LogP contribution in [-0.2, 0) is 4.79 Å². The van der Waals surface area contributed by atoms with Crippen LogP contribution >= 0.6 is 0 Å². The molecule has 1 aliphatic heterocycles. The van der Waals surface area contributed by atoms with Crippen molar-refractivity contribution >= 4 is 16.8 Å². The highest BCUT2D eigenvalue weighted by atomic mass is 16.5. The molecule has 1 unspecified atom stereocenters. The quantitative estimate of drug-likeness (QED) is 0.736. The molecule has 1 aromatic carbocycles. The Balaban J connectivity index is 1.39. The van der Waals surface area contributed by atoms with Crippen molar-refractivity contribution in [2.75, 3.05) is 19.7 Å². The predicted octanol–water partition coefficient (Wildman–Crippen LogP) is 3.02. The SMILES string of the molecule is O=C(COc1ccnc2ccccc12)N1CCC(c2ccccn2)C1. The third-order valence-corrected chi connectivity index (χ3v) is 4.61. The molecule has 2 aromatic heterocycles. The van der Waals surface area contributed by atoms with Crippen molar-refractivity contribution in [3.05, 3.63) is 66.6 Å². The summed E-state index contributed by atoms with van der Waals surface area (Å²) < 4.78 is 5.79. The predicted molar refractivity (Wildman–Crippen MR) is 95.4 cm³/mol. The van der Waals surface area contributed by atoms with Gasteiger partial charge in [-0.15, -0.1) is 0 Å². The van der Waals surface area contributed by atoms with Crippen LogP contribution in [-0.4, -0.2) is 40.5 Å². The van der Waals surface area contributed by atoms with Gasteiger partial charge in [0.2, 0.25) is 0 Å². The molecule has 1 aliphatic rings. The number of para-hydroxylation sites is 1. The average molecular weight is 333 g/mol. The van der Waals surface area contributed by atoms with Crippen LogP contribution in [0.5, 0.6) is 5.75 Å². The zero-order chi connectivity index (χ0) is 17.1. The first-order valence-electron chi connectivity index (χ1n) is 8.46. The highest BCUT2D eigenvalue weighted by molar-refractivity contribution is 5.85. The summed E-state index contributed by atoms with van der Waals surface area (Å²) in [7, 11) is 0. The van der Waals surface area contributed by atoms with Crippen LogP contribution in [0.1, 0.15) is 18.0 Å². The molecule has 1 fully saturated rings. The topological polar surface area (TPSA) is 55.3 Å². The van der Waals surface area contributed by atoms with E-state index in [2.05, 4.69) is 9.97 Å². The van der Waals surface area contributed by atoms with E-state index in [1.165, 1.54) is 0 Å². The number of pyridine rings is 2. The number of aromatic nitrogens is 2. The normalized spacial score (nSPS) is 17.0. The number of hydrogen-bond donors (Lipinski definition) is 0. The second-order valence-corrected chi connectivity index (χ2v) is 6.19. The van der Waals surface area contributed by atoms with E-state index in [0.29, 0.717) is 18.2 Å². The number of benzene rings is 1.